The molecule has 296 valence electrons. The van der Waals surface area contributed by atoms with Crippen LogP contribution in [0.25, 0.3) is 132 Å². The number of aromatic nitrogens is 4. The molecule has 0 aliphatic rings. The third kappa shape index (κ3) is 5.77. The Kier molecular flexibility index (Phi) is 8.18. The Balaban J connectivity index is 1.04. The van der Waals surface area contributed by atoms with Crippen LogP contribution in [-0.4, -0.2) is 19.9 Å². The van der Waals surface area contributed by atoms with Crippen LogP contribution in [-0.2, 0) is 0 Å². The second-order valence-corrected chi connectivity index (χ2v) is 16.5. The second kappa shape index (κ2) is 14.5. The van der Waals surface area contributed by atoms with E-state index in [0.29, 0.717) is 17.5 Å². The first-order valence-electron chi connectivity index (χ1n) is 21.7. The average Bonchev–Trinajstić information content (AvgIpc) is 3.37. The van der Waals surface area contributed by atoms with Gasteiger partial charge in [-0.15, -0.1) is 0 Å². The molecule has 0 unspecified atom stereocenters. The molecule has 13 rings (SSSR count). The highest BCUT2D eigenvalue weighted by Gasteiger charge is 2.20. The fraction of sp³-hybridized carbons (Fsp3) is 0. The summed E-state index contributed by atoms with van der Waals surface area (Å²) in [5.74, 6) is 1.85. The van der Waals surface area contributed by atoms with Gasteiger partial charge in [-0.25, -0.2) is 15.0 Å². The number of pyridine rings is 1. The lowest BCUT2D eigenvalue weighted by Gasteiger charge is -2.18. The Labute approximate surface area is 369 Å². The zero-order chi connectivity index (χ0) is 42.1. The number of hydrogen-bond donors (Lipinski definition) is 0. The van der Waals surface area contributed by atoms with Crippen LogP contribution >= 0.6 is 0 Å². The van der Waals surface area contributed by atoms with Crippen LogP contribution in [0.1, 0.15) is 0 Å². The second-order valence-electron chi connectivity index (χ2n) is 16.5. The largest absolute Gasteiger partial charge is 0.264 e. The van der Waals surface area contributed by atoms with Crippen LogP contribution in [0.4, 0.5) is 0 Å². The van der Waals surface area contributed by atoms with E-state index in [1.165, 1.54) is 64.6 Å². The van der Waals surface area contributed by atoms with Gasteiger partial charge in [-0.1, -0.05) is 188 Å². The lowest BCUT2D eigenvalue weighted by atomic mass is 9.85. The quantitative estimate of drug-likeness (QED) is 0.157. The number of rotatable bonds is 6. The van der Waals surface area contributed by atoms with Gasteiger partial charge >= 0.3 is 0 Å². The summed E-state index contributed by atoms with van der Waals surface area (Å²) >= 11 is 0. The van der Waals surface area contributed by atoms with Gasteiger partial charge in [0.25, 0.3) is 0 Å². The molecule has 13 aromatic rings. The molecule has 0 radical (unpaired) electrons. The van der Waals surface area contributed by atoms with Gasteiger partial charge < -0.3 is 0 Å². The fourth-order valence-electron chi connectivity index (χ4n) is 10.0. The maximum Gasteiger partial charge on any atom is 0.164 e. The Hall–Kier alpha value is -8.60. The molecule has 0 atom stereocenters. The molecule has 0 saturated carbocycles. The van der Waals surface area contributed by atoms with Crippen LogP contribution in [0.2, 0.25) is 0 Å². The maximum atomic E-state index is 5.24. The SMILES string of the molecule is c1ccc(-c2nc(-c3ccc(-c4cccnc4)cc3)nc(-c3ccccc3-c3ccccc3-c3cc4ccc5cccc6c7cccc8ccc9cccc(c(c3)c4c56)c9c87)n2)cc1. The number of fused-ring (bicyclic) bond motifs is 2. The minimum absolute atomic E-state index is 0.614. The van der Waals surface area contributed by atoms with Crippen LogP contribution in [0, 0.1) is 0 Å². The van der Waals surface area contributed by atoms with Crippen molar-refractivity contribution in [3.8, 4) is 67.5 Å². The van der Waals surface area contributed by atoms with E-state index >= 15 is 0 Å². The topological polar surface area (TPSA) is 51.6 Å². The summed E-state index contributed by atoms with van der Waals surface area (Å²) in [5, 5.41) is 15.2. The molecule has 0 amide bonds. The van der Waals surface area contributed by atoms with Crippen LogP contribution in [0.15, 0.2) is 219 Å². The molecular weight excluding hydrogens is 777 g/mol. The predicted octanol–water partition coefficient (Wildman–Crippen LogP) is 15.6. The van der Waals surface area contributed by atoms with Crippen LogP contribution < -0.4 is 0 Å². The normalized spacial score (nSPS) is 11.8. The summed E-state index contributed by atoms with van der Waals surface area (Å²) in [4.78, 5) is 19.8. The van der Waals surface area contributed by atoms with Crippen molar-refractivity contribution in [3.05, 3.63) is 219 Å². The molecule has 64 heavy (non-hydrogen) atoms. The highest BCUT2D eigenvalue weighted by Crippen LogP contribution is 2.46. The van der Waals surface area contributed by atoms with Gasteiger partial charge in [0.2, 0.25) is 0 Å². The molecule has 2 aromatic heterocycles. The third-order valence-electron chi connectivity index (χ3n) is 12.9. The highest BCUT2D eigenvalue weighted by atomic mass is 15.0. The molecule has 0 N–H and O–H groups in total. The number of benzene rings is 10. The van der Waals surface area contributed by atoms with Crippen molar-refractivity contribution < 1.29 is 0 Å². The lowest BCUT2D eigenvalue weighted by Crippen LogP contribution is -2.01. The highest BCUT2D eigenvalue weighted by molar-refractivity contribution is 6.37. The molecule has 4 heteroatoms. The van der Waals surface area contributed by atoms with Crippen molar-refractivity contribution in [2.24, 2.45) is 0 Å². The van der Waals surface area contributed by atoms with Crippen molar-refractivity contribution in [3.63, 3.8) is 0 Å². The molecule has 0 fully saturated rings. The minimum atomic E-state index is 0.614. The van der Waals surface area contributed by atoms with Crippen molar-refractivity contribution in [1.82, 2.24) is 19.9 Å². The summed E-state index contributed by atoms with van der Waals surface area (Å²) in [6.07, 6.45) is 3.67. The van der Waals surface area contributed by atoms with Gasteiger partial charge in [0, 0.05) is 29.1 Å². The molecule has 0 saturated heterocycles. The summed E-state index contributed by atoms with van der Waals surface area (Å²) in [7, 11) is 0. The van der Waals surface area contributed by atoms with E-state index in [1.54, 1.807) is 6.20 Å². The van der Waals surface area contributed by atoms with Crippen molar-refractivity contribution in [2.45, 2.75) is 0 Å². The molecular formula is C60H36N4. The zero-order valence-corrected chi connectivity index (χ0v) is 34.6. The Morgan fingerprint density at radius 1 is 0.250 bits per heavy atom. The standard InChI is InChI=1S/C60H36N4/c1-2-12-41(13-3-1)58-62-59(42-30-25-37(26-31-42)44-17-11-33-61-36-44)64-60(63-58)52-21-7-6-20-48(52)47-19-5-4-18-46(47)45-34-43-32-29-40-15-9-23-50-49-22-8-14-38-27-28-39-16-10-24-51(56(39)54(38)49)53(35-45)57(43)55(40)50/h1-36H. The first-order valence-corrected chi connectivity index (χ1v) is 21.7. The summed E-state index contributed by atoms with van der Waals surface area (Å²) in [5.41, 5.74) is 9.35. The van der Waals surface area contributed by atoms with Gasteiger partial charge in [-0.2, -0.15) is 0 Å². The predicted molar refractivity (Wildman–Crippen MR) is 266 cm³/mol. The molecule has 4 nitrogen and oxygen atoms in total. The molecule has 2 heterocycles. The lowest BCUT2D eigenvalue weighted by molar-refractivity contribution is 1.07. The van der Waals surface area contributed by atoms with Gasteiger partial charge in [-0.05, 0) is 116 Å². The van der Waals surface area contributed by atoms with Gasteiger partial charge in [-0.3, -0.25) is 4.98 Å². The summed E-state index contributed by atoms with van der Waals surface area (Å²) in [6, 6.07) is 74.1. The third-order valence-corrected chi connectivity index (χ3v) is 12.9. The number of nitrogens with zero attached hydrogens (tertiary/aromatic N) is 4. The Morgan fingerprint density at radius 2 is 0.719 bits per heavy atom. The first-order chi connectivity index (χ1) is 31.7. The average molecular weight is 813 g/mol. The van der Waals surface area contributed by atoms with E-state index in [2.05, 4.69) is 187 Å². The van der Waals surface area contributed by atoms with E-state index in [1.807, 2.05) is 30.5 Å². The first kappa shape index (κ1) is 36.1. The van der Waals surface area contributed by atoms with E-state index in [-0.39, 0.29) is 0 Å². The van der Waals surface area contributed by atoms with Gasteiger partial charge in [0.15, 0.2) is 17.5 Å². The summed E-state index contributed by atoms with van der Waals surface area (Å²) < 4.78 is 0. The van der Waals surface area contributed by atoms with Gasteiger partial charge in [0.1, 0.15) is 0 Å². The van der Waals surface area contributed by atoms with Crippen molar-refractivity contribution >= 4 is 64.6 Å². The molecule has 0 spiro atoms. The van der Waals surface area contributed by atoms with Crippen molar-refractivity contribution in [1.29, 1.82) is 0 Å². The van der Waals surface area contributed by atoms with Crippen molar-refractivity contribution in [2.75, 3.05) is 0 Å². The zero-order valence-electron chi connectivity index (χ0n) is 34.6. The smallest absolute Gasteiger partial charge is 0.164 e. The monoisotopic (exact) mass is 812 g/mol. The summed E-state index contributed by atoms with van der Waals surface area (Å²) in [6.45, 7) is 0. The van der Waals surface area contributed by atoms with Crippen LogP contribution in [0.3, 0.4) is 0 Å². The molecule has 0 aliphatic carbocycles. The van der Waals surface area contributed by atoms with Crippen LogP contribution in [0.5, 0.6) is 0 Å². The number of hydrogen-bond acceptors (Lipinski definition) is 4. The molecule has 11 aromatic carbocycles. The van der Waals surface area contributed by atoms with E-state index in [9.17, 15) is 0 Å². The van der Waals surface area contributed by atoms with E-state index in [0.717, 1.165) is 50.1 Å². The maximum absolute atomic E-state index is 5.24. The molecule has 0 aliphatic heterocycles. The fourth-order valence-corrected chi connectivity index (χ4v) is 10.0. The van der Waals surface area contributed by atoms with E-state index < -0.39 is 0 Å². The minimum Gasteiger partial charge on any atom is -0.264 e. The van der Waals surface area contributed by atoms with E-state index in [4.69, 9.17) is 15.0 Å². The Morgan fingerprint density at radius 3 is 1.33 bits per heavy atom. The van der Waals surface area contributed by atoms with Gasteiger partial charge in [0.05, 0.1) is 0 Å². The molecule has 0 bridgehead atoms. The Bertz CT molecular complexity index is 3930.